The molecule has 2 aliphatic rings. The third kappa shape index (κ3) is 3.11. The molecule has 1 saturated carbocycles. The lowest BCUT2D eigenvalue weighted by Crippen LogP contribution is -2.33. The topological polar surface area (TPSA) is 48.7 Å². The number of carbonyl (C=O) groups excluding carboxylic acids is 1. The predicted molar refractivity (Wildman–Crippen MR) is 91.2 cm³/mol. The summed E-state index contributed by atoms with van der Waals surface area (Å²) in [6.45, 7) is 2.16. The van der Waals surface area contributed by atoms with Crippen molar-refractivity contribution in [1.82, 2.24) is 0 Å². The second-order valence-corrected chi connectivity index (χ2v) is 6.21. The number of carbonyl (C=O) groups is 1. The molecular weight excluding hydrogens is 304 g/mol. The van der Waals surface area contributed by atoms with Gasteiger partial charge < -0.3 is 13.9 Å². The third-order valence-corrected chi connectivity index (χ3v) is 4.87. The van der Waals surface area contributed by atoms with Crippen LogP contribution in [0.3, 0.4) is 0 Å². The van der Waals surface area contributed by atoms with Gasteiger partial charge in [-0.05, 0) is 50.3 Å². The van der Waals surface area contributed by atoms with E-state index >= 15 is 0 Å². The number of fused-ring (bicyclic) bond motifs is 1. The average molecular weight is 328 g/mol. The molecule has 0 aliphatic heterocycles. The molecule has 1 aromatic rings. The minimum Gasteiger partial charge on any atom is -0.466 e. The second-order valence-electron chi connectivity index (χ2n) is 6.21. The van der Waals surface area contributed by atoms with E-state index in [0.717, 1.165) is 18.6 Å². The van der Waals surface area contributed by atoms with Crippen LogP contribution in [0.4, 0.5) is 0 Å². The first-order chi connectivity index (χ1) is 11.7. The van der Waals surface area contributed by atoms with Crippen molar-refractivity contribution in [2.45, 2.75) is 31.8 Å². The Hall–Kier alpha value is -2.07. The largest absolute Gasteiger partial charge is 0.466 e. The minimum atomic E-state index is -0.739. The number of rotatable bonds is 5. The fourth-order valence-corrected chi connectivity index (χ4v) is 3.68. The first-order valence-corrected chi connectivity index (χ1v) is 8.53. The summed E-state index contributed by atoms with van der Waals surface area (Å²) in [5.74, 6) is 0.715. The molecule has 0 unspecified atom stereocenters. The number of hydrogen-bond donors (Lipinski definition) is 0. The van der Waals surface area contributed by atoms with Crippen molar-refractivity contribution in [3.8, 4) is 0 Å². The molecule has 1 fully saturated rings. The summed E-state index contributed by atoms with van der Waals surface area (Å²) in [6, 6.07) is 3.79. The van der Waals surface area contributed by atoms with Crippen LogP contribution in [0.2, 0.25) is 0 Å². The van der Waals surface area contributed by atoms with Gasteiger partial charge in [-0.2, -0.15) is 0 Å². The zero-order valence-corrected chi connectivity index (χ0v) is 14.2. The SMILES string of the molecule is CCOC(=O)/C=C/[C@H]1C=C[C@H]2CCCC2=C[C@]1(OC)c1ccco1. The summed E-state index contributed by atoms with van der Waals surface area (Å²) in [5.41, 5.74) is 0.647. The molecule has 0 bridgehead atoms. The molecule has 0 aromatic carbocycles. The van der Waals surface area contributed by atoms with E-state index in [-0.39, 0.29) is 11.9 Å². The van der Waals surface area contributed by atoms with Crippen molar-refractivity contribution in [2.24, 2.45) is 11.8 Å². The van der Waals surface area contributed by atoms with Crippen LogP contribution in [0.5, 0.6) is 0 Å². The maximum absolute atomic E-state index is 11.7. The Labute approximate surface area is 142 Å². The fraction of sp³-hybridized carbons (Fsp3) is 0.450. The van der Waals surface area contributed by atoms with Gasteiger partial charge in [-0.3, -0.25) is 0 Å². The molecule has 3 rings (SSSR count). The van der Waals surface area contributed by atoms with E-state index in [9.17, 15) is 4.79 Å². The van der Waals surface area contributed by atoms with Gasteiger partial charge in [-0.25, -0.2) is 4.79 Å². The van der Waals surface area contributed by atoms with Crippen molar-refractivity contribution in [1.29, 1.82) is 0 Å². The predicted octanol–water partition coefficient (Wildman–Crippen LogP) is 4.15. The first-order valence-electron chi connectivity index (χ1n) is 8.53. The first kappa shape index (κ1) is 16.8. The molecule has 1 aromatic heterocycles. The van der Waals surface area contributed by atoms with E-state index < -0.39 is 5.60 Å². The molecule has 0 amide bonds. The molecule has 4 nitrogen and oxygen atoms in total. The van der Waals surface area contributed by atoms with Crippen LogP contribution in [-0.4, -0.2) is 19.7 Å². The van der Waals surface area contributed by atoms with Crippen molar-refractivity contribution >= 4 is 5.97 Å². The molecule has 2 aliphatic carbocycles. The van der Waals surface area contributed by atoms with Crippen LogP contribution in [0.15, 0.2) is 58.8 Å². The highest BCUT2D eigenvalue weighted by molar-refractivity contribution is 5.82. The third-order valence-electron chi connectivity index (χ3n) is 4.87. The van der Waals surface area contributed by atoms with Crippen LogP contribution in [0, 0.1) is 11.8 Å². The van der Waals surface area contributed by atoms with Crippen LogP contribution in [0.1, 0.15) is 31.9 Å². The molecule has 24 heavy (non-hydrogen) atoms. The van der Waals surface area contributed by atoms with Gasteiger partial charge in [-0.1, -0.05) is 23.8 Å². The van der Waals surface area contributed by atoms with Crippen molar-refractivity contribution < 1.29 is 18.7 Å². The van der Waals surface area contributed by atoms with Gasteiger partial charge in [0, 0.05) is 19.1 Å². The zero-order chi connectivity index (χ0) is 17.0. The summed E-state index contributed by atoms with van der Waals surface area (Å²) < 4.78 is 16.7. The van der Waals surface area contributed by atoms with E-state index in [2.05, 4.69) is 18.2 Å². The van der Waals surface area contributed by atoms with E-state index in [1.165, 1.54) is 18.1 Å². The van der Waals surface area contributed by atoms with E-state index in [1.807, 2.05) is 18.2 Å². The number of ether oxygens (including phenoxy) is 2. The number of allylic oxidation sites excluding steroid dienone is 2. The minimum absolute atomic E-state index is 0.142. The monoisotopic (exact) mass is 328 g/mol. The van der Waals surface area contributed by atoms with Crippen molar-refractivity contribution in [3.63, 3.8) is 0 Å². The second kappa shape index (κ2) is 7.22. The van der Waals surface area contributed by atoms with Crippen molar-refractivity contribution in [3.05, 3.63) is 60.1 Å². The van der Waals surface area contributed by atoms with Crippen LogP contribution < -0.4 is 0 Å². The molecule has 4 heteroatoms. The highest BCUT2D eigenvalue weighted by Gasteiger charge is 2.42. The Balaban J connectivity index is 2.02. The van der Waals surface area contributed by atoms with Gasteiger partial charge in [0.15, 0.2) is 5.60 Å². The normalized spacial score (nSPS) is 29.3. The van der Waals surface area contributed by atoms with Crippen LogP contribution >= 0.6 is 0 Å². The number of esters is 1. The fourth-order valence-electron chi connectivity index (χ4n) is 3.68. The van der Waals surface area contributed by atoms with Gasteiger partial charge in [0.25, 0.3) is 0 Å². The Morgan fingerprint density at radius 3 is 3.04 bits per heavy atom. The summed E-state index contributed by atoms with van der Waals surface area (Å²) in [6.07, 6.45) is 15.0. The van der Waals surface area contributed by atoms with E-state index in [4.69, 9.17) is 13.9 Å². The maximum atomic E-state index is 11.7. The van der Waals surface area contributed by atoms with E-state index in [1.54, 1.807) is 20.3 Å². The summed E-state index contributed by atoms with van der Waals surface area (Å²) >= 11 is 0. The molecule has 0 N–H and O–H groups in total. The zero-order valence-electron chi connectivity index (χ0n) is 14.2. The smallest absolute Gasteiger partial charge is 0.330 e. The van der Waals surface area contributed by atoms with Gasteiger partial charge in [0.05, 0.1) is 12.9 Å². The lowest BCUT2D eigenvalue weighted by atomic mass is 9.83. The Bertz CT molecular complexity index is 653. The number of methoxy groups -OCH3 is 1. The number of hydrogen-bond acceptors (Lipinski definition) is 4. The van der Waals surface area contributed by atoms with Crippen molar-refractivity contribution in [2.75, 3.05) is 13.7 Å². The lowest BCUT2D eigenvalue weighted by Gasteiger charge is -2.32. The average Bonchev–Trinajstić information content (AvgIpc) is 3.23. The summed E-state index contributed by atoms with van der Waals surface area (Å²) in [5, 5.41) is 0. The molecule has 0 saturated heterocycles. The molecule has 128 valence electrons. The molecule has 0 radical (unpaired) electrons. The quantitative estimate of drug-likeness (QED) is 0.463. The molecule has 3 atom stereocenters. The molecule has 1 heterocycles. The number of furan rings is 1. The molecular formula is C20H24O4. The van der Waals surface area contributed by atoms with Gasteiger partial charge in [0.1, 0.15) is 5.76 Å². The maximum Gasteiger partial charge on any atom is 0.330 e. The highest BCUT2D eigenvalue weighted by atomic mass is 16.5. The van der Waals surface area contributed by atoms with Crippen LogP contribution in [0.25, 0.3) is 0 Å². The summed E-state index contributed by atoms with van der Waals surface area (Å²) in [7, 11) is 1.69. The molecule has 0 spiro atoms. The van der Waals surface area contributed by atoms with Crippen LogP contribution in [-0.2, 0) is 19.9 Å². The standard InChI is InChI=1S/C20H24O4/c1-3-23-19(21)12-11-17-10-9-15-6-4-7-16(15)14-20(17,22-2)18-8-5-13-24-18/h5,8-15,17H,3-4,6-7H2,1-2H3/b12-11+/t15-,17-,20-/m1/s1. The summed E-state index contributed by atoms with van der Waals surface area (Å²) in [4.78, 5) is 11.7. The van der Waals surface area contributed by atoms with Gasteiger partial charge >= 0.3 is 5.97 Å². The van der Waals surface area contributed by atoms with Gasteiger partial charge in [-0.15, -0.1) is 0 Å². The highest BCUT2D eigenvalue weighted by Crippen LogP contribution is 2.45. The Morgan fingerprint density at radius 1 is 1.46 bits per heavy atom. The van der Waals surface area contributed by atoms with E-state index in [0.29, 0.717) is 12.5 Å². The Morgan fingerprint density at radius 2 is 2.33 bits per heavy atom. The van der Waals surface area contributed by atoms with Gasteiger partial charge in [0.2, 0.25) is 0 Å². The lowest BCUT2D eigenvalue weighted by molar-refractivity contribution is -0.137. The Kier molecular flexibility index (Phi) is 5.05.